The maximum Gasteiger partial charge on any atom is 0.246 e. The van der Waals surface area contributed by atoms with E-state index in [4.69, 9.17) is 0 Å². The summed E-state index contributed by atoms with van der Waals surface area (Å²) in [5, 5.41) is 20.3. The Bertz CT molecular complexity index is 1710. The van der Waals surface area contributed by atoms with Crippen LogP contribution in [-0.4, -0.2) is 98.9 Å². The molecule has 2 saturated heterocycles. The predicted molar refractivity (Wildman–Crippen MR) is 175 cm³/mol. The highest BCUT2D eigenvalue weighted by molar-refractivity contribution is 5.95. The van der Waals surface area contributed by atoms with E-state index in [1.165, 1.54) is 4.90 Å². The van der Waals surface area contributed by atoms with Gasteiger partial charge in [-0.3, -0.25) is 29.1 Å². The third kappa shape index (κ3) is 7.84. The largest absolute Gasteiger partial charge is 0.391 e. The van der Waals surface area contributed by atoms with Crippen molar-refractivity contribution in [1.82, 2.24) is 35.7 Å². The molecule has 2 aromatic heterocycles. The second kappa shape index (κ2) is 14.6. The summed E-state index contributed by atoms with van der Waals surface area (Å²) in [5.41, 5.74) is 3.48. The number of aromatic amines is 1. The van der Waals surface area contributed by atoms with E-state index in [2.05, 4.69) is 25.9 Å². The van der Waals surface area contributed by atoms with Crippen molar-refractivity contribution in [3.63, 3.8) is 0 Å². The SMILES string of the molecule is O=C1CN(Cc2cccnc2)CCNC(=O)[C@H](Cc2ccccc2)NC(=O)[C@@H]2C[C@@H](O)CN2C(=O)[C@@H](Cc2c[nH]c3ccccc23)N1. The molecule has 12 heteroatoms. The van der Waals surface area contributed by atoms with Crippen molar-refractivity contribution in [2.75, 3.05) is 26.2 Å². The topological polar surface area (TPSA) is 160 Å². The number of fused-ring (bicyclic) bond motifs is 2. The van der Waals surface area contributed by atoms with E-state index in [-0.39, 0.29) is 50.7 Å². The molecule has 2 aliphatic rings. The number of pyridine rings is 1. The first-order chi connectivity index (χ1) is 22.8. The smallest absolute Gasteiger partial charge is 0.246 e. The predicted octanol–water partition coefficient (Wildman–Crippen LogP) is 0.912. The number of H-pyrrole nitrogens is 1. The van der Waals surface area contributed by atoms with Gasteiger partial charge in [0.05, 0.1) is 12.6 Å². The molecule has 2 aliphatic heterocycles. The summed E-state index contributed by atoms with van der Waals surface area (Å²) in [4.78, 5) is 65.9. The molecule has 2 aromatic carbocycles. The van der Waals surface area contributed by atoms with Crippen LogP contribution in [0.5, 0.6) is 0 Å². The first kappa shape index (κ1) is 31.9. The number of para-hydroxylation sites is 1. The summed E-state index contributed by atoms with van der Waals surface area (Å²) in [5.74, 6) is -1.76. The third-order valence-electron chi connectivity index (χ3n) is 8.74. The normalized spacial score (nSPS) is 23.4. The maximum atomic E-state index is 14.3. The van der Waals surface area contributed by atoms with Crippen LogP contribution in [0.2, 0.25) is 0 Å². The molecule has 4 aromatic rings. The van der Waals surface area contributed by atoms with Gasteiger partial charge < -0.3 is 30.9 Å². The lowest BCUT2D eigenvalue weighted by molar-refractivity contribution is -0.142. The van der Waals surface area contributed by atoms with Gasteiger partial charge in [0.1, 0.15) is 18.1 Å². The molecule has 244 valence electrons. The van der Waals surface area contributed by atoms with Gasteiger partial charge >= 0.3 is 0 Å². The fraction of sp³-hybridized carbons (Fsp3) is 0.343. The van der Waals surface area contributed by atoms with Gasteiger partial charge in [0.15, 0.2) is 0 Å². The zero-order chi connectivity index (χ0) is 32.8. The number of hydrogen-bond acceptors (Lipinski definition) is 7. The van der Waals surface area contributed by atoms with E-state index < -0.39 is 36.0 Å². The molecule has 0 saturated carbocycles. The van der Waals surface area contributed by atoms with Crippen molar-refractivity contribution < 1.29 is 24.3 Å². The first-order valence-electron chi connectivity index (χ1n) is 15.9. The molecule has 4 heterocycles. The van der Waals surface area contributed by atoms with Crippen molar-refractivity contribution in [1.29, 1.82) is 0 Å². The Morgan fingerprint density at radius 2 is 1.64 bits per heavy atom. The summed E-state index contributed by atoms with van der Waals surface area (Å²) in [6.45, 7) is 0.837. The van der Waals surface area contributed by atoms with E-state index in [1.54, 1.807) is 12.4 Å². The van der Waals surface area contributed by atoms with Crippen LogP contribution in [-0.2, 0) is 38.6 Å². The van der Waals surface area contributed by atoms with Crippen LogP contribution in [0.4, 0.5) is 0 Å². The Balaban J connectivity index is 1.32. The van der Waals surface area contributed by atoms with E-state index in [9.17, 15) is 24.3 Å². The zero-order valence-corrected chi connectivity index (χ0v) is 26.0. The van der Waals surface area contributed by atoms with Gasteiger partial charge in [-0.1, -0.05) is 54.6 Å². The molecule has 2 fully saturated rings. The Labute approximate surface area is 272 Å². The maximum absolute atomic E-state index is 14.3. The minimum absolute atomic E-state index is 0.0177. The van der Waals surface area contributed by atoms with E-state index in [0.29, 0.717) is 13.1 Å². The summed E-state index contributed by atoms with van der Waals surface area (Å²) in [7, 11) is 0. The second-order valence-electron chi connectivity index (χ2n) is 12.2. The number of rotatable bonds is 6. The highest BCUT2D eigenvalue weighted by atomic mass is 16.3. The van der Waals surface area contributed by atoms with E-state index in [1.807, 2.05) is 77.8 Å². The monoisotopic (exact) mass is 637 g/mol. The van der Waals surface area contributed by atoms with Crippen LogP contribution in [0.25, 0.3) is 10.9 Å². The van der Waals surface area contributed by atoms with Crippen LogP contribution < -0.4 is 16.0 Å². The highest BCUT2D eigenvalue weighted by Gasteiger charge is 2.42. The summed E-state index contributed by atoms with van der Waals surface area (Å²) >= 11 is 0. The average molecular weight is 638 g/mol. The van der Waals surface area contributed by atoms with Crippen LogP contribution in [0.1, 0.15) is 23.1 Å². The van der Waals surface area contributed by atoms with Crippen molar-refractivity contribution in [2.45, 2.75) is 50.0 Å². The third-order valence-corrected chi connectivity index (χ3v) is 8.74. The van der Waals surface area contributed by atoms with E-state index >= 15 is 0 Å². The number of benzene rings is 2. The van der Waals surface area contributed by atoms with Gasteiger partial charge in [-0.15, -0.1) is 0 Å². The molecule has 5 N–H and O–H groups in total. The number of aliphatic hydroxyl groups is 1. The lowest BCUT2D eigenvalue weighted by Gasteiger charge is -2.30. The molecular formula is C35H39N7O5. The number of hydrogen-bond donors (Lipinski definition) is 5. The average Bonchev–Trinajstić information content (AvgIpc) is 3.67. The molecule has 6 rings (SSSR count). The van der Waals surface area contributed by atoms with Gasteiger partial charge in [-0.2, -0.15) is 0 Å². The lowest BCUT2D eigenvalue weighted by Crippen LogP contribution is -2.57. The molecule has 0 unspecified atom stereocenters. The zero-order valence-electron chi connectivity index (χ0n) is 26.0. The van der Waals surface area contributed by atoms with Gasteiger partial charge in [-0.05, 0) is 28.8 Å². The van der Waals surface area contributed by atoms with Gasteiger partial charge in [0, 0.05) is 74.9 Å². The van der Waals surface area contributed by atoms with Crippen molar-refractivity contribution in [3.8, 4) is 0 Å². The van der Waals surface area contributed by atoms with Crippen LogP contribution in [0.3, 0.4) is 0 Å². The first-order valence-corrected chi connectivity index (χ1v) is 15.9. The Hall–Kier alpha value is -5.07. The minimum atomic E-state index is -1.02. The Morgan fingerprint density at radius 3 is 2.45 bits per heavy atom. The Kier molecular flexibility index (Phi) is 9.89. The molecule has 12 nitrogen and oxygen atoms in total. The lowest BCUT2D eigenvalue weighted by atomic mass is 10.0. The number of amides is 4. The molecule has 4 atom stereocenters. The highest BCUT2D eigenvalue weighted by Crippen LogP contribution is 2.24. The molecule has 0 aliphatic carbocycles. The van der Waals surface area contributed by atoms with Gasteiger partial charge in [0.2, 0.25) is 23.6 Å². The quantitative estimate of drug-likeness (QED) is 0.210. The fourth-order valence-corrected chi connectivity index (χ4v) is 6.42. The number of carbonyl (C=O) groups is 4. The number of nitrogens with one attached hydrogen (secondary N) is 4. The Morgan fingerprint density at radius 1 is 0.851 bits per heavy atom. The van der Waals surface area contributed by atoms with Crippen LogP contribution in [0.15, 0.2) is 85.3 Å². The van der Waals surface area contributed by atoms with Crippen LogP contribution in [0, 0.1) is 0 Å². The number of aliphatic hydroxyl groups excluding tert-OH is 1. The summed E-state index contributed by atoms with van der Waals surface area (Å²) in [6, 6.07) is 17.9. The van der Waals surface area contributed by atoms with Gasteiger partial charge in [0.25, 0.3) is 0 Å². The molecule has 47 heavy (non-hydrogen) atoms. The van der Waals surface area contributed by atoms with Crippen molar-refractivity contribution in [3.05, 3.63) is 102 Å². The standard InChI is InChI=1S/C35H39N7O5/c43-26-17-31-34(46)40-29(15-23-7-2-1-3-8-23)33(45)37-13-14-41(20-24-9-6-12-36-18-24)22-32(44)39-30(35(47)42(31)21-26)16-25-19-38-28-11-5-4-10-27(25)28/h1-12,18-19,26,29-31,38,43H,13-17,20-22H2,(H,37,45)(H,39,44)(H,40,46)/t26-,29+,30-,31+/m1/s1. The molecule has 4 amide bonds. The summed E-state index contributed by atoms with van der Waals surface area (Å²) in [6.07, 6.45) is 4.72. The number of carbonyl (C=O) groups excluding carboxylic acids is 4. The number of aromatic nitrogens is 2. The van der Waals surface area contributed by atoms with Crippen molar-refractivity contribution in [2.24, 2.45) is 0 Å². The second-order valence-corrected chi connectivity index (χ2v) is 12.2. The van der Waals surface area contributed by atoms with E-state index in [0.717, 1.165) is 27.6 Å². The number of nitrogens with zero attached hydrogens (tertiary/aromatic N) is 3. The minimum Gasteiger partial charge on any atom is -0.391 e. The molecular weight excluding hydrogens is 598 g/mol. The van der Waals surface area contributed by atoms with Crippen LogP contribution >= 0.6 is 0 Å². The molecule has 0 radical (unpaired) electrons. The fourth-order valence-electron chi connectivity index (χ4n) is 6.42. The van der Waals surface area contributed by atoms with Crippen molar-refractivity contribution >= 4 is 34.5 Å². The molecule has 0 bridgehead atoms. The molecule has 0 spiro atoms. The van der Waals surface area contributed by atoms with Gasteiger partial charge in [-0.25, -0.2) is 0 Å². The summed E-state index contributed by atoms with van der Waals surface area (Å²) < 4.78 is 0.